The molecule has 0 bridgehead atoms. The van der Waals surface area contributed by atoms with Gasteiger partial charge in [-0.1, -0.05) is 0 Å². The Hall–Kier alpha value is -1.95. The van der Waals surface area contributed by atoms with Gasteiger partial charge in [-0.15, -0.1) is 11.3 Å². The number of carbonyl (C=O) groups excluding carboxylic acids is 1. The van der Waals surface area contributed by atoms with Crippen LogP contribution in [0, 0.1) is 19.7 Å². The number of rotatable bonds is 3. The van der Waals surface area contributed by atoms with Crippen LogP contribution in [-0.4, -0.2) is 18.1 Å². The molecule has 0 fully saturated rings. The lowest BCUT2D eigenvalue weighted by Gasteiger charge is -2.04. The zero-order valence-corrected chi connectivity index (χ0v) is 11.6. The van der Waals surface area contributed by atoms with E-state index in [-0.39, 0.29) is 5.82 Å². The summed E-state index contributed by atoms with van der Waals surface area (Å²) in [6.45, 7) is 3.48. The van der Waals surface area contributed by atoms with Crippen molar-refractivity contribution in [2.24, 2.45) is 0 Å². The summed E-state index contributed by atoms with van der Waals surface area (Å²) < 4.78 is 17.8. The van der Waals surface area contributed by atoms with Crippen molar-refractivity contribution < 1.29 is 13.9 Å². The highest BCUT2D eigenvalue weighted by Gasteiger charge is 2.15. The minimum atomic E-state index is -0.461. The number of halogens is 1. The third-order valence-corrected chi connectivity index (χ3v) is 3.47. The molecule has 1 heterocycles. The molecule has 0 saturated carbocycles. The van der Waals surface area contributed by atoms with Crippen LogP contribution >= 0.6 is 11.3 Å². The lowest BCUT2D eigenvalue weighted by molar-refractivity contribution is 0.0594. The van der Waals surface area contributed by atoms with Gasteiger partial charge in [0.1, 0.15) is 5.82 Å². The number of nitrogens with one attached hydrogen (secondary N) is 1. The molecule has 0 aliphatic heterocycles. The summed E-state index contributed by atoms with van der Waals surface area (Å²) in [7, 11) is 1.32. The number of ether oxygens (including phenoxy) is 1. The Labute approximate surface area is 114 Å². The molecule has 0 aliphatic rings. The topological polar surface area (TPSA) is 51.2 Å². The zero-order valence-electron chi connectivity index (χ0n) is 10.8. The SMILES string of the molecule is COC(=O)c1nc(Nc2ccc(F)c(C)c2)sc1C. The molecule has 0 spiro atoms. The fourth-order valence-electron chi connectivity index (χ4n) is 1.58. The summed E-state index contributed by atoms with van der Waals surface area (Å²) in [4.78, 5) is 16.4. The molecule has 0 aliphatic carbocycles. The van der Waals surface area contributed by atoms with E-state index in [4.69, 9.17) is 0 Å². The highest BCUT2D eigenvalue weighted by Crippen LogP contribution is 2.26. The van der Waals surface area contributed by atoms with Crippen molar-refractivity contribution in [1.29, 1.82) is 0 Å². The first-order chi connectivity index (χ1) is 9.01. The van der Waals surface area contributed by atoms with Crippen molar-refractivity contribution in [3.8, 4) is 0 Å². The summed E-state index contributed by atoms with van der Waals surface area (Å²) in [5, 5.41) is 3.62. The normalized spacial score (nSPS) is 10.3. The first kappa shape index (κ1) is 13.5. The van der Waals surface area contributed by atoms with Crippen molar-refractivity contribution >= 4 is 28.1 Å². The molecular weight excluding hydrogens is 267 g/mol. The second kappa shape index (κ2) is 5.36. The predicted molar refractivity (Wildman–Crippen MR) is 72.6 cm³/mol. The van der Waals surface area contributed by atoms with E-state index in [9.17, 15) is 9.18 Å². The number of aryl methyl sites for hydroxylation is 2. The fourth-order valence-corrected chi connectivity index (χ4v) is 2.40. The Morgan fingerprint density at radius 1 is 1.42 bits per heavy atom. The number of hydrogen-bond acceptors (Lipinski definition) is 5. The average Bonchev–Trinajstić information content (AvgIpc) is 2.74. The van der Waals surface area contributed by atoms with Gasteiger partial charge in [-0.3, -0.25) is 0 Å². The first-order valence-corrected chi connectivity index (χ1v) is 6.42. The summed E-state index contributed by atoms with van der Waals surface area (Å²) in [6.07, 6.45) is 0. The Bertz CT molecular complexity index is 625. The standard InChI is InChI=1S/C13H13FN2O2S/c1-7-6-9(4-5-10(7)14)15-13-16-11(8(2)19-13)12(17)18-3/h4-6H,1-3H3,(H,15,16). The molecule has 19 heavy (non-hydrogen) atoms. The molecule has 6 heteroatoms. The summed E-state index contributed by atoms with van der Waals surface area (Å²) in [5.41, 5.74) is 1.57. The van der Waals surface area contributed by atoms with Crippen LogP contribution in [0.15, 0.2) is 18.2 Å². The quantitative estimate of drug-likeness (QED) is 0.875. The smallest absolute Gasteiger partial charge is 0.357 e. The van der Waals surface area contributed by atoms with Crippen LogP contribution < -0.4 is 5.32 Å². The van der Waals surface area contributed by atoms with E-state index in [1.807, 2.05) is 0 Å². The van der Waals surface area contributed by atoms with Gasteiger partial charge in [-0.25, -0.2) is 14.2 Å². The van der Waals surface area contributed by atoms with Gasteiger partial charge >= 0.3 is 5.97 Å². The number of methoxy groups -OCH3 is 1. The maximum Gasteiger partial charge on any atom is 0.357 e. The number of hydrogen-bond donors (Lipinski definition) is 1. The minimum Gasteiger partial charge on any atom is -0.464 e. The molecule has 0 unspecified atom stereocenters. The lowest BCUT2D eigenvalue weighted by Crippen LogP contribution is -2.03. The van der Waals surface area contributed by atoms with E-state index >= 15 is 0 Å². The number of benzene rings is 1. The molecule has 1 aromatic heterocycles. The largest absolute Gasteiger partial charge is 0.464 e. The molecule has 100 valence electrons. The van der Waals surface area contributed by atoms with Crippen molar-refractivity contribution in [3.05, 3.63) is 40.2 Å². The molecule has 0 radical (unpaired) electrons. The fraction of sp³-hybridized carbons (Fsp3) is 0.231. The molecule has 0 amide bonds. The molecule has 0 atom stereocenters. The van der Waals surface area contributed by atoms with Crippen LogP contribution in [0.1, 0.15) is 20.9 Å². The molecule has 4 nitrogen and oxygen atoms in total. The number of esters is 1. The van der Waals surface area contributed by atoms with E-state index in [1.165, 1.54) is 24.5 Å². The average molecular weight is 280 g/mol. The summed E-state index contributed by atoms with van der Waals surface area (Å²) >= 11 is 1.35. The Morgan fingerprint density at radius 2 is 2.16 bits per heavy atom. The number of anilines is 2. The first-order valence-electron chi connectivity index (χ1n) is 5.60. The zero-order chi connectivity index (χ0) is 14.0. The predicted octanol–water partition coefficient (Wildman–Crippen LogP) is 3.43. The number of nitrogens with zero attached hydrogens (tertiary/aromatic N) is 1. The minimum absolute atomic E-state index is 0.254. The van der Waals surface area contributed by atoms with Gasteiger partial charge in [-0.2, -0.15) is 0 Å². The van der Waals surface area contributed by atoms with E-state index in [1.54, 1.807) is 26.0 Å². The van der Waals surface area contributed by atoms with Crippen LogP contribution in [0.3, 0.4) is 0 Å². The molecule has 1 aromatic carbocycles. The Kier molecular flexibility index (Phi) is 3.80. The molecular formula is C13H13FN2O2S. The van der Waals surface area contributed by atoms with Gasteiger partial charge in [0.15, 0.2) is 10.8 Å². The van der Waals surface area contributed by atoms with Crippen LogP contribution in [0.25, 0.3) is 0 Å². The summed E-state index contributed by atoms with van der Waals surface area (Å²) in [6, 6.07) is 4.69. The van der Waals surface area contributed by atoms with Gasteiger partial charge in [-0.05, 0) is 37.6 Å². The molecule has 2 rings (SSSR count). The van der Waals surface area contributed by atoms with E-state index in [0.717, 1.165) is 10.6 Å². The molecule has 1 N–H and O–H groups in total. The number of carbonyl (C=O) groups is 1. The van der Waals surface area contributed by atoms with Gasteiger partial charge in [0.25, 0.3) is 0 Å². The van der Waals surface area contributed by atoms with Crippen LogP contribution in [0.4, 0.5) is 15.2 Å². The van der Waals surface area contributed by atoms with Crippen molar-refractivity contribution in [2.45, 2.75) is 13.8 Å². The van der Waals surface area contributed by atoms with Crippen LogP contribution in [-0.2, 0) is 4.74 Å². The van der Waals surface area contributed by atoms with Gasteiger partial charge < -0.3 is 10.1 Å². The maximum atomic E-state index is 13.2. The van der Waals surface area contributed by atoms with Gasteiger partial charge in [0.05, 0.1) is 7.11 Å². The van der Waals surface area contributed by atoms with Crippen LogP contribution in [0.5, 0.6) is 0 Å². The highest BCUT2D eigenvalue weighted by molar-refractivity contribution is 7.15. The molecule has 0 saturated heterocycles. The third-order valence-electron chi connectivity index (χ3n) is 2.58. The molecule has 2 aromatic rings. The number of aromatic nitrogens is 1. The number of thiazole rings is 1. The van der Waals surface area contributed by atoms with Crippen LogP contribution in [0.2, 0.25) is 0 Å². The van der Waals surface area contributed by atoms with E-state index in [0.29, 0.717) is 16.4 Å². The lowest BCUT2D eigenvalue weighted by atomic mass is 10.2. The van der Waals surface area contributed by atoms with E-state index < -0.39 is 5.97 Å². The Morgan fingerprint density at radius 3 is 2.79 bits per heavy atom. The third kappa shape index (κ3) is 2.90. The second-order valence-corrected chi connectivity index (χ2v) is 5.21. The van der Waals surface area contributed by atoms with Crippen molar-refractivity contribution in [2.75, 3.05) is 12.4 Å². The van der Waals surface area contributed by atoms with E-state index in [2.05, 4.69) is 15.0 Å². The summed E-state index contributed by atoms with van der Waals surface area (Å²) in [5.74, 6) is -0.715. The maximum absolute atomic E-state index is 13.2. The van der Waals surface area contributed by atoms with Crippen molar-refractivity contribution in [3.63, 3.8) is 0 Å². The Balaban J connectivity index is 2.24. The van der Waals surface area contributed by atoms with Gasteiger partial charge in [0, 0.05) is 10.6 Å². The monoisotopic (exact) mass is 280 g/mol. The van der Waals surface area contributed by atoms with Crippen molar-refractivity contribution in [1.82, 2.24) is 4.98 Å². The van der Waals surface area contributed by atoms with Gasteiger partial charge in [0.2, 0.25) is 0 Å². The second-order valence-electron chi connectivity index (χ2n) is 4.00. The highest BCUT2D eigenvalue weighted by atomic mass is 32.1.